The highest BCUT2D eigenvalue weighted by atomic mass is 16.4. The molecule has 5 heteroatoms. The summed E-state index contributed by atoms with van der Waals surface area (Å²) in [6.07, 6.45) is 6.15. The minimum absolute atomic E-state index is 0.214. The number of carboxylic acids is 1. The fourth-order valence-corrected chi connectivity index (χ4v) is 3.95. The number of pyridine rings is 1. The van der Waals surface area contributed by atoms with E-state index in [2.05, 4.69) is 58.3 Å². The molecule has 5 nitrogen and oxygen atoms in total. The van der Waals surface area contributed by atoms with Crippen LogP contribution < -0.4 is 5.32 Å². The molecule has 1 aliphatic carbocycles. The van der Waals surface area contributed by atoms with E-state index in [1.165, 1.54) is 5.56 Å². The molecule has 0 radical (unpaired) electrons. The van der Waals surface area contributed by atoms with Gasteiger partial charge in [-0.05, 0) is 61.1 Å². The van der Waals surface area contributed by atoms with Gasteiger partial charge in [0.15, 0.2) is 0 Å². The molecule has 0 unspecified atom stereocenters. The lowest BCUT2D eigenvalue weighted by molar-refractivity contribution is 0.0697. The van der Waals surface area contributed by atoms with Crippen LogP contribution in [0.2, 0.25) is 0 Å². The number of aromatic carboxylic acids is 1. The SMILES string of the molecule is Cc1ccc(-c2cn(C)c3ccc(Nc4ncc(C5CC5)cc4C(=O)O)cc23)cc1. The van der Waals surface area contributed by atoms with Crippen LogP contribution >= 0.6 is 0 Å². The van der Waals surface area contributed by atoms with Crippen LogP contribution in [0, 0.1) is 6.92 Å². The van der Waals surface area contributed by atoms with Gasteiger partial charge in [0.05, 0.1) is 0 Å². The molecule has 1 fully saturated rings. The van der Waals surface area contributed by atoms with Gasteiger partial charge in [0.1, 0.15) is 11.4 Å². The van der Waals surface area contributed by atoms with Crippen molar-refractivity contribution in [1.29, 1.82) is 0 Å². The van der Waals surface area contributed by atoms with Gasteiger partial charge in [-0.1, -0.05) is 29.8 Å². The molecule has 2 aromatic carbocycles. The Morgan fingerprint density at radius 1 is 1.13 bits per heavy atom. The Balaban J connectivity index is 1.55. The van der Waals surface area contributed by atoms with Gasteiger partial charge in [-0.2, -0.15) is 0 Å². The standard InChI is InChI=1S/C25H23N3O2/c1-15-3-5-17(6-4-15)22-14-28(2)23-10-9-19(12-20(22)23)27-24-21(25(29)30)11-18(13-26-24)16-7-8-16/h3-6,9-14,16H,7-8H2,1-2H3,(H,26,27)(H,29,30). The third kappa shape index (κ3) is 3.32. The van der Waals surface area contributed by atoms with Crippen LogP contribution in [-0.2, 0) is 7.05 Å². The van der Waals surface area contributed by atoms with Crippen LogP contribution in [0.4, 0.5) is 11.5 Å². The molecule has 0 spiro atoms. The first-order valence-electron chi connectivity index (χ1n) is 10.2. The first-order chi connectivity index (χ1) is 14.5. The zero-order valence-electron chi connectivity index (χ0n) is 17.0. The average molecular weight is 397 g/mol. The summed E-state index contributed by atoms with van der Waals surface area (Å²) in [5, 5.41) is 14.0. The molecule has 5 rings (SSSR count). The highest BCUT2D eigenvalue weighted by Crippen LogP contribution is 2.41. The van der Waals surface area contributed by atoms with E-state index in [-0.39, 0.29) is 5.56 Å². The molecule has 2 aromatic heterocycles. The lowest BCUT2D eigenvalue weighted by Crippen LogP contribution is -2.06. The summed E-state index contributed by atoms with van der Waals surface area (Å²) in [5.74, 6) is -0.130. The van der Waals surface area contributed by atoms with Crippen molar-refractivity contribution in [2.24, 2.45) is 7.05 Å². The maximum atomic E-state index is 11.8. The van der Waals surface area contributed by atoms with Crippen molar-refractivity contribution in [3.05, 3.63) is 77.6 Å². The molecule has 150 valence electrons. The van der Waals surface area contributed by atoms with Crippen molar-refractivity contribution in [2.75, 3.05) is 5.32 Å². The molecule has 2 heterocycles. The lowest BCUT2D eigenvalue weighted by atomic mass is 10.0. The number of fused-ring (bicyclic) bond motifs is 1. The fourth-order valence-electron chi connectivity index (χ4n) is 3.95. The molecule has 0 aliphatic heterocycles. The van der Waals surface area contributed by atoms with Crippen LogP contribution in [0.5, 0.6) is 0 Å². The van der Waals surface area contributed by atoms with Crippen LogP contribution in [0.25, 0.3) is 22.0 Å². The van der Waals surface area contributed by atoms with Crippen LogP contribution in [0.1, 0.15) is 40.2 Å². The molecule has 0 bridgehead atoms. The summed E-state index contributed by atoms with van der Waals surface area (Å²) < 4.78 is 2.11. The molecule has 1 saturated carbocycles. The number of aryl methyl sites for hydroxylation is 2. The van der Waals surface area contributed by atoms with Crippen molar-refractivity contribution in [3.8, 4) is 11.1 Å². The lowest BCUT2D eigenvalue weighted by Gasteiger charge is -2.11. The predicted molar refractivity (Wildman–Crippen MR) is 120 cm³/mol. The number of aromatic nitrogens is 2. The number of carboxylic acid groups (broad SMARTS) is 1. The van der Waals surface area contributed by atoms with Crippen molar-refractivity contribution >= 4 is 28.4 Å². The summed E-state index contributed by atoms with van der Waals surface area (Å²) in [4.78, 5) is 16.2. The number of nitrogens with one attached hydrogen (secondary N) is 1. The van der Waals surface area contributed by atoms with E-state index in [0.717, 1.165) is 46.1 Å². The average Bonchev–Trinajstić information content (AvgIpc) is 3.53. The Morgan fingerprint density at radius 3 is 2.60 bits per heavy atom. The smallest absolute Gasteiger partial charge is 0.339 e. The first-order valence-corrected chi connectivity index (χ1v) is 10.2. The maximum absolute atomic E-state index is 11.8. The summed E-state index contributed by atoms with van der Waals surface area (Å²) in [6, 6.07) is 16.3. The monoisotopic (exact) mass is 397 g/mol. The quantitative estimate of drug-likeness (QED) is 0.442. The Labute approximate surface area is 175 Å². The summed E-state index contributed by atoms with van der Waals surface area (Å²) in [6.45, 7) is 2.08. The molecule has 0 amide bonds. The minimum Gasteiger partial charge on any atom is -0.478 e. The van der Waals surface area contributed by atoms with Gasteiger partial charge in [-0.3, -0.25) is 0 Å². The highest BCUT2D eigenvalue weighted by molar-refractivity contribution is 5.99. The minimum atomic E-state index is -0.964. The summed E-state index contributed by atoms with van der Waals surface area (Å²) in [5.41, 5.74) is 6.68. The molecule has 0 atom stereocenters. The van der Waals surface area contributed by atoms with E-state index < -0.39 is 5.97 Å². The van der Waals surface area contributed by atoms with Gasteiger partial charge in [0, 0.05) is 41.6 Å². The molecule has 2 N–H and O–H groups in total. The maximum Gasteiger partial charge on any atom is 0.339 e. The van der Waals surface area contributed by atoms with Gasteiger partial charge < -0.3 is 15.0 Å². The number of carbonyl (C=O) groups is 1. The Hall–Kier alpha value is -3.60. The van der Waals surface area contributed by atoms with Crippen molar-refractivity contribution < 1.29 is 9.90 Å². The summed E-state index contributed by atoms with van der Waals surface area (Å²) in [7, 11) is 2.04. The van der Waals surface area contributed by atoms with Crippen LogP contribution in [0.15, 0.2) is 60.9 Å². The fraction of sp³-hybridized carbons (Fsp3) is 0.200. The largest absolute Gasteiger partial charge is 0.478 e. The van der Waals surface area contributed by atoms with Gasteiger partial charge >= 0.3 is 5.97 Å². The molecule has 30 heavy (non-hydrogen) atoms. The first kappa shape index (κ1) is 18.4. The number of anilines is 2. The van der Waals surface area contributed by atoms with E-state index in [1.54, 1.807) is 12.3 Å². The molecule has 4 aromatic rings. The predicted octanol–water partition coefficient (Wildman–Crippen LogP) is 5.87. The van der Waals surface area contributed by atoms with E-state index >= 15 is 0 Å². The number of hydrogen-bond acceptors (Lipinski definition) is 3. The second-order valence-corrected chi connectivity index (χ2v) is 8.12. The molecule has 0 saturated heterocycles. The number of hydrogen-bond donors (Lipinski definition) is 2. The molecular weight excluding hydrogens is 374 g/mol. The van der Waals surface area contributed by atoms with Crippen molar-refractivity contribution in [2.45, 2.75) is 25.7 Å². The third-order valence-electron chi connectivity index (χ3n) is 5.80. The number of benzene rings is 2. The zero-order chi connectivity index (χ0) is 20.8. The highest BCUT2D eigenvalue weighted by Gasteiger charge is 2.26. The van der Waals surface area contributed by atoms with Crippen molar-refractivity contribution in [1.82, 2.24) is 9.55 Å². The Morgan fingerprint density at radius 2 is 1.90 bits per heavy atom. The summed E-state index contributed by atoms with van der Waals surface area (Å²) >= 11 is 0. The molecule has 1 aliphatic rings. The number of rotatable bonds is 5. The Bertz CT molecular complexity index is 1270. The second kappa shape index (κ2) is 7.02. The normalized spacial score (nSPS) is 13.5. The second-order valence-electron chi connectivity index (χ2n) is 8.12. The third-order valence-corrected chi connectivity index (χ3v) is 5.80. The van der Waals surface area contributed by atoms with Crippen LogP contribution in [-0.4, -0.2) is 20.6 Å². The van der Waals surface area contributed by atoms with E-state index in [0.29, 0.717) is 11.7 Å². The van der Waals surface area contributed by atoms with Gasteiger partial charge in [0.25, 0.3) is 0 Å². The van der Waals surface area contributed by atoms with Crippen molar-refractivity contribution in [3.63, 3.8) is 0 Å². The number of nitrogens with zero attached hydrogens (tertiary/aromatic N) is 2. The Kier molecular flexibility index (Phi) is 4.31. The van der Waals surface area contributed by atoms with Crippen LogP contribution in [0.3, 0.4) is 0 Å². The topological polar surface area (TPSA) is 67.2 Å². The van der Waals surface area contributed by atoms with Gasteiger partial charge in [-0.15, -0.1) is 0 Å². The molecular formula is C25H23N3O2. The van der Waals surface area contributed by atoms with E-state index in [9.17, 15) is 9.90 Å². The van der Waals surface area contributed by atoms with Gasteiger partial charge in [-0.25, -0.2) is 9.78 Å². The van der Waals surface area contributed by atoms with E-state index in [4.69, 9.17) is 0 Å². The zero-order valence-corrected chi connectivity index (χ0v) is 17.0. The van der Waals surface area contributed by atoms with E-state index in [1.807, 2.05) is 19.2 Å². The van der Waals surface area contributed by atoms with Gasteiger partial charge in [0.2, 0.25) is 0 Å².